The van der Waals surface area contributed by atoms with Crippen LogP contribution in [0.5, 0.6) is 0 Å². The summed E-state index contributed by atoms with van der Waals surface area (Å²) in [6, 6.07) is 17.1. The SMILES string of the molecule is C=CCn1c(C)c(C=c2sc3n(c2=O)C(c2ccccc2)C(C(=O)OCC)=C(C)N=3)c2ccccc21. The largest absolute Gasteiger partial charge is 0.463 e. The lowest BCUT2D eigenvalue weighted by Gasteiger charge is -2.24. The number of benzene rings is 2. The highest BCUT2D eigenvalue weighted by atomic mass is 32.1. The van der Waals surface area contributed by atoms with E-state index in [4.69, 9.17) is 4.74 Å². The molecule has 0 fully saturated rings. The molecule has 0 N–H and O–H groups in total. The van der Waals surface area contributed by atoms with Crippen molar-refractivity contribution < 1.29 is 9.53 Å². The summed E-state index contributed by atoms with van der Waals surface area (Å²) in [6.45, 7) is 10.4. The fraction of sp³-hybridized carbons (Fsp3) is 0.207. The van der Waals surface area contributed by atoms with Gasteiger partial charge in [-0.1, -0.05) is 65.9 Å². The Bertz CT molecular complexity index is 1700. The average molecular weight is 498 g/mol. The molecule has 182 valence electrons. The molecule has 0 aliphatic carbocycles. The van der Waals surface area contributed by atoms with E-state index in [-0.39, 0.29) is 12.2 Å². The second kappa shape index (κ2) is 9.59. The average Bonchev–Trinajstić information content (AvgIpc) is 3.33. The molecule has 0 spiro atoms. The number of esters is 1. The lowest BCUT2D eigenvalue weighted by Crippen LogP contribution is -2.39. The van der Waals surface area contributed by atoms with E-state index in [1.54, 1.807) is 18.4 Å². The van der Waals surface area contributed by atoms with Crippen molar-refractivity contribution in [2.24, 2.45) is 4.99 Å². The normalized spacial score (nSPS) is 15.6. The molecular weight excluding hydrogens is 470 g/mol. The molecule has 1 aliphatic rings. The number of allylic oxidation sites excluding steroid dienone is 2. The monoisotopic (exact) mass is 497 g/mol. The zero-order chi connectivity index (χ0) is 25.4. The molecule has 2 aromatic carbocycles. The standard InChI is InChI=1S/C29H27N3O3S/c1-5-16-31-19(4)22(21-14-10-11-15-23(21)31)17-24-27(33)32-26(20-12-8-7-9-13-20)25(28(34)35-6-2)18(3)30-29(32)36-24/h5,7-15,17,26H,1,6,16H2,2-4H3. The van der Waals surface area contributed by atoms with E-state index in [0.717, 1.165) is 27.7 Å². The Morgan fingerprint density at radius 1 is 1.14 bits per heavy atom. The molecule has 0 amide bonds. The second-order valence-corrected chi connectivity index (χ2v) is 9.64. The molecule has 0 saturated heterocycles. The summed E-state index contributed by atoms with van der Waals surface area (Å²) in [5.74, 6) is -0.453. The molecule has 1 atom stereocenters. The van der Waals surface area contributed by atoms with E-state index >= 15 is 0 Å². The van der Waals surface area contributed by atoms with Gasteiger partial charge in [0.2, 0.25) is 0 Å². The Balaban J connectivity index is 1.77. The Morgan fingerprint density at radius 2 is 1.86 bits per heavy atom. The second-order valence-electron chi connectivity index (χ2n) is 8.63. The number of rotatable bonds is 6. The molecule has 2 aromatic heterocycles. The van der Waals surface area contributed by atoms with Crippen molar-refractivity contribution >= 4 is 34.3 Å². The summed E-state index contributed by atoms with van der Waals surface area (Å²) in [4.78, 5) is 32.1. The van der Waals surface area contributed by atoms with Gasteiger partial charge in [0, 0.05) is 28.7 Å². The summed E-state index contributed by atoms with van der Waals surface area (Å²) in [5, 5.41) is 1.07. The smallest absolute Gasteiger partial charge is 0.338 e. The number of carbonyl (C=O) groups excluding carboxylic acids is 1. The molecule has 4 aromatic rings. The minimum atomic E-state index is -0.605. The highest BCUT2D eigenvalue weighted by Gasteiger charge is 2.33. The van der Waals surface area contributed by atoms with Crippen LogP contribution >= 0.6 is 11.3 Å². The third-order valence-electron chi connectivity index (χ3n) is 6.50. The summed E-state index contributed by atoms with van der Waals surface area (Å²) in [5.41, 5.74) is 4.76. The number of carbonyl (C=O) groups is 1. The van der Waals surface area contributed by atoms with Gasteiger partial charge in [-0.15, -0.1) is 6.58 Å². The Hall–Kier alpha value is -3.97. The van der Waals surface area contributed by atoms with Crippen LogP contribution in [0.15, 0.2) is 88.3 Å². The van der Waals surface area contributed by atoms with E-state index in [1.165, 1.54) is 11.3 Å². The number of para-hydroxylation sites is 1. The van der Waals surface area contributed by atoms with Gasteiger partial charge in [0.05, 0.1) is 28.5 Å². The topological polar surface area (TPSA) is 65.6 Å². The van der Waals surface area contributed by atoms with Crippen LogP contribution in [0, 0.1) is 6.92 Å². The van der Waals surface area contributed by atoms with Crippen LogP contribution in [0.2, 0.25) is 0 Å². The molecular formula is C29H27N3O3S. The molecule has 0 saturated carbocycles. The predicted molar refractivity (Wildman–Crippen MR) is 144 cm³/mol. The van der Waals surface area contributed by atoms with Crippen molar-refractivity contribution in [1.29, 1.82) is 0 Å². The summed E-state index contributed by atoms with van der Waals surface area (Å²) >= 11 is 1.34. The fourth-order valence-corrected chi connectivity index (χ4v) is 5.91. The molecule has 1 aliphatic heterocycles. The zero-order valence-corrected chi connectivity index (χ0v) is 21.3. The number of thiazole rings is 1. The summed E-state index contributed by atoms with van der Waals surface area (Å²) in [7, 11) is 0. The van der Waals surface area contributed by atoms with Crippen LogP contribution in [-0.4, -0.2) is 21.7 Å². The van der Waals surface area contributed by atoms with Crippen molar-refractivity contribution in [3.63, 3.8) is 0 Å². The molecule has 0 radical (unpaired) electrons. The highest BCUT2D eigenvalue weighted by molar-refractivity contribution is 7.07. The minimum absolute atomic E-state index is 0.179. The van der Waals surface area contributed by atoms with Crippen molar-refractivity contribution in [3.8, 4) is 0 Å². The van der Waals surface area contributed by atoms with Crippen molar-refractivity contribution in [1.82, 2.24) is 9.13 Å². The quantitative estimate of drug-likeness (QED) is 0.296. The van der Waals surface area contributed by atoms with Gasteiger partial charge in [-0.3, -0.25) is 9.36 Å². The molecule has 3 heterocycles. The van der Waals surface area contributed by atoms with E-state index in [1.807, 2.05) is 54.6 Å². The third-order valence-corrected chi connectivity index (χ3v) is 7.48. The van der Waals surface area contributed by atoms with E-state index in [2.05, 4.69) is 35.2 Å². The van der Waals surface area contributed by atoms with Gasteiger partial charge in [0.15, 0.2) is 4.80 Å². The maximum atomic E-state index is 13.9. The van der Waals surface area contributed by atoms with Crippen LogP contribution < -0.4 is 14.9 Å². The number of hydrogen-bond acceptors (Lipinski definition) is 5. The minimum Gasteiger partial charge on any atom is -0.463 e. The first kappa shape index (κ1) is 23.8. The van der Waals surface area contributed by atoms with E-state index < -0.39 is 12.0 Å². The van der Waals surface area contributed by atoms with Crippen LogP contribution in [0.4, 0.5) is 0 Å². The molecule has 6 nitrogen and oxygen atoms in total. The first-order valence-electron chi connectivity index (χ1n) is 11.9. The predicted octanol–water partition coefficient (Wildman–Crippen LogP) is 4.25. The number of hydrogen-bond donors (Lipinski definition) is 0. The lowest BCUT2D eigenvalue weighted by molar-refractivity contribution is -0.139. The van der Waals surface area contributed by atoms with Crippen molar-refractivity contribution in [2.75, 3.05) is 6.61 Å². The van der Waals surface area contributed by atoms with Gasteiger partial charge in [-0.25, -0.2) is 9.79 Å². The summed E-state index contributed by atoms with van der Waals surface area (Å²) < 4.78 is 9.75. The van der Waals surface area contributed by atoms with E-state index in [9.17, 15) is 9.59 Å². The van der Waals surface area contributed by atoms with Crippen LogP contribution in [0.25, 0.3) is 17.0 Å². The van der Waals surface area contributed by atoms with Gasteiger partial charge in [0.1, 0.15) is 0 Å². The Labute approximate surface area is 212 Å². The molecule has 7 heteroatoms. The first-order chi connectivity index (χ1) is 17.5. The number of nitrogens with zero attached hydrogens (tertiary/aromatic N) is 3. The first-order valence-corrected chi connectivity index (χ1v) is 12.7. The van der Waals surface area contributed by atoms with E-state index in [0.29, 0.717) is 27.1 Å². The van der Waals surface area contributed by atoms with Gasteiger partial charge in [-0.2, -0.15) is 0 Å². The van der Waals surface area contributed by atoms with Crippen LogP contribution in [-0.2, 0) is 16.1 Å². The molecule has 0 bridgehead atoms. The highest BCUT2D eigenvalue weighted by Crippen LogP contribution is 2.31. The molecule has 36 heavy (non-hydrogen) atoms. The molecule has 5 rings (SSSR count). The van der Waals surface area contributed by atoms with Crippen molar-refractivity contribution in [2.45, 2.75) is 33.4 Å². The van der Waals surface area contributed by atoms with Crippen LogP contribution in [0.3, 0.4) is 0 Å². The van der Waals surface area contributed by atoms with Gasteiger partial charge >= 0.3 is 5.97 Å². The third kappa shape index (κ3) is 3.85. The fourth-order valence-electron chi connectivity index (χ4n) is 4.88. The van der Waals surface area contributed by atoms with Crippen LogP contribution in [0.1, 0.15) is 36.7 Å². The van der Waals surface area contributed by atoms with Gasteiger partial charge < -0.3 is 9.30 Å². The number of aromatic nitrogens is 2. The van der Waals surface area contributed by atoms with Gasteiger partial charge in [-0.05, 0) is 38.5 Å². The molecule has 1 unspecified atom stereocenters. The summed E-state index contributed by atoms with van der Waals surface area (Å²) in [6.07, 6.45) is 3.82. The number of ether oxygens (including phenoxy) is 1. The lowest BCUT2D eigenvalue weighted by atomic mass is 9.96. The zero-order valence-electron chi connectivity index (χ0n) is 20.5. The Morgan fingerprint density at radius 3 is 2.58 bits per heavy atom. The maximum absolute atomic E-state index is 13.9. The Kier molecular flexibility index (Phi) is 6.33. The van der Waals surface area contributed by atoms with Crippen molar-refractivity contribution in [3.05, 3.63) is 115 Å². The van der Waals surface area contributed by atoms with Gasteiger partial charge in [0.25, 0.3) is 5.56 Å². The number of fused-ring (bicyclic) bond motifs is 2. The maximum Gasteiger partial charge on any atom is 0.338 e.